The predicted octanol–water partition coefficient (Wildman–Crippen LogP) is 2.24. The van der Waals surface area contributed by atoms with Crippen molar-refractivity contribution in [2.75, 3.05) is 0 Å². The standard InChI is InChI=1S/C14H16O3/c1-10(11-5-3-2-4-6-11)12-7-8-14(16,17)9-13(12)15/h2-8,10,15-17H,9H2,1H3. The van der Waals surface area contributed by atoms with Gasteiger partial charge in [-0.25, -0.2) is 0 Å². The average Bonchev–Trinajstić information content (AvgIpc) is 2.28. The summed E-state index contributed by atoms with van der Waals surface area (Å²) in [5.74, 6) is -1.86. The molecule has 17 heavy (non-hydrogen) atoms. The predicted molar refractivity (Wildman–Crippen MR) is 65.4 cm³/mol. The van der Waals surface area contributed by atoms with Gasteiger partial charge in [-0.05, 0) is 17.2 Å². The largest absolute Gasteiger partial charge is 0.512 e. The van der Waals surface area contributed by atoms with Crippen LogP contribution in [-0.2, 0) is 0 Å². The van der Waals surface area contributed by atoms with E-state index in [1.165, 1.54) is 6.08 Å². The summed E-state index contributed by atoms with van der Waals surface area (Å²) in [6.07, 6.45) is 2.73. The van der Waals surface area contributed by atoms with Gasteiger partial charge in [0.1, 0.15) is 5.76 Å². The second-order valence-corrected chi connectivity index (χ2v) is 4.42. The van der Waals surface area contributed by atoms with Crippen molar-refractivity contribution in [3.05, 3.63) is 59.4 Å². The Hall–Kier alpha value is -1.58. The number of hydrogen-bond acceptors (Lipinski definition) is 3. The van der Waals surface area contributed by atoms with E-state index in [9.17, 15) is 15.3 Å². The van der Waals surface area contributed by atoms with E-state index in [-0.39, 0.29) is 18.1 Å². The van der Waals surface area contributed by atoms with Crippen LogP contribution in [0.4, 0.5) is 0 Å². The van der Waals surface area contributed by atoms with E-state index in [0.717, 1.165) is 11.1 Å². The van der Waals surface area contributed by atoms with Crippen molar-refractivity contribution in [1.82, 2.24) is 0 Å². The molecule has 1 aromatic carbocycles. The smallest absolute Gasteiger partial charge is 0.190 e. The van der Waals surface area contributed by atoms with E-state index >= 15 is 0 Å². The van der Waals surface area contributed by atoms with Gasteiger partial charge < -0.3 is 15.3 Å². The molecule has 0 saturated carbocycles. The maximum absolute atomic E-state index is 9.84. The minimum absolute atomic E-state index is 0.0311. The molecule has 0 amide bonds. The highest BCUT2D eigenvalue weighted by atomic mass is 16.5. The fraction of sp³-hybridized carbons (Fsp3) is 0.286. The van der Waals surface area contributed by atoms with Crippen LogP contribution >= 0.6 is 0 Å². The molecule has 3 nitrogen and oxygen atoms in total. The minimum atomic E-state index is -1.93. The Kier molecular flexibility index (Phi) is 3.05. The quantitative estimate of drug-likeness (QED) is 0.685. The number of hydrogen-bond donors (Lipinski definition) is 3. The van der Waals surface area contributed by atoms with Crippen LogP contribution in [-0.4, -0.2) is 21.1 Å². The second-order valence-electron chi connectivity index (χ2n) is 4.42. The van der Waals surface area contributed by atoms with Crippen molar-refractivity contribution in [2.45, 2.75) is 25.0 Å². The second kappa shape index (κ2) is 4.35. The maximum Gasteiger partial charge on any atom is 0.190 e. The Balaban J connectivity index is 2.28. The van der Waals surface area contributed by atoms with Gasteiger partial charge in [0.25, 0.3) is 0 Å². The number of benzene rings is 1. The molecule has 1 atom stereocenters. The lowest BCUT2D eigenvalue weighted by atomic mass is 9.87. The van der Waals surface area contributed by atoms with E-state index < -0.39 is 5.79 Å². The molecule has 0 fully saturated rings. The molecule has 2 rings (SSSR count). The van der Waals surface area contributed by atoms with Gasteiger partial charge in [0.05, 0.1) is 6.42 Å². The Labute approximate surface area is 100 Å². The first kappa shape index (κ1) is 11.9. The Morgan fingerprint density at radius 1 is 1.18 bits per heavy atom. The zero-order chi connectivity index (χ0) is 12.5. The van der Waals surface area contributed by atoms with Crippen LogP contribution < -0.4 is 0 Å². The van der Waals surface area contributed by atoms with Crippen molar-refractivity contribution in [3.63, 3.8) is 0 Å². The summed E-state index contributed by atoms with van der Waals surface area (Å²) < 4.78 is 0. The van der Waals surface area contributed by atoms with Crippen LogP contribution in [0.5, 0.6) is 0 Å². The fourth-order valence-electron chi connectivity index (χ4n) is 2.04. The molecular formula is C14H16O3. The zero-order valence-corrected chi connectivity index (χ0v) is 9.67. The van der Waals surface area contributed by atoms with E-state index in [1.54, 1.807) is 6.08 Å². The molecule has 1 aliphatic carbocycles. The summed E-state index contributed by atoms with van der Waals surface area (Å²) in [5.41, 5.74) is 1.82. The van der Waals surface area contributed by atoms with Gasteiger partial charge in [0, 0.05) is 5.92 Å². The van der Waals surface area contributed by atoms with Crippen LogP contribution in [0.1, 0.15) is 24.8 Å². The van der Waals surface area contributed by atoms with Crippen molar-refractivity contribution < 1.29 is 15.3 Å². The summed E-state index contributed by atoms with van der Waals surface area (Å²) in [4.78, 5) is 0. The van der Waals surface area contributed by atoms with Gasteiger partial charge in [-0.3, -0.25) is 0 Å². The lowest BCUT2D eigenvalue weighted by Gasteiger charge is -2.25. The van der Waals surface area contributed by atoms with E-state index in [4.69, 9.17) is 0 Å². The summed E-state index contributed by atoms with van der Waals surface area (Å²) in [6, 6.07) is 9.79. The van der Waals surface area contributed by atoms with Gasteiger partial charge >= 0.3 is 0 Å². The van der Waals surface area contributed by atoms with Crippen LogP contribution in [0.15, 0.2) is 53.8 Å². The number of allylic oxidation sites excluding steroid dienone is 2. The molecule has 0 spiro atoms. The van der Waals surface area contributed by atoms with Gasteiger partial charge in [-0.1, -0.05) is 43.3 Å². The lowest BCUT2D eigenvalue weighted by molar-refractivity contribution is -0.122. The lowest BCUT2D eigenvalue weighted by Crippen LogP contribution is -2.28. The molecule has 0 aromatic heterocycles. The van der Waals surface area contributed by atoms with E-state index in [0.29, 0.717) is 0 Å². The number of rotatable bonds is 2. The average molecular weight is 232 g/mol. The molecule has 1 aromatic rings. The highest BCUT2D eigenvalue weighted by molar-refractivity contribution is 5.39. The molecule has 0 saturated heterocycles. The first-order valence-electron chi connectivity index (χ1n) is 5.60. The van der Waals surface area contributed by atoms with E-state index in [2.05, 4.69) is 0 Å². The normalized spacial score (nSPS) is 20.4. The Morgan fingerprint density at radius 3 is 2.41 bits per heavy atom. The van der Waals surface area contributed by atoms with Gasteiger partial charge in [0.15, 0.2) is 5.79 Å². The van der Waals surface area contributed by atoms with Gasteiger partial charge in [-0.15, -0.1) is 0 Å². The van der Waals surface area contributed by atoms with Crippen molar-refractivity contribution in [2.24, 2.45) is 0 Å². The summed E-state index contributed by atoms with van der Waals surface area (Å²) in [6.45, 7) is 1.98. The molecule has 0 heterocycles. The number of aliphatic hydroxyl groups excluding tert-OH is 1. The Bertz CT molecular complexity index is 458. The van der Waals surface area contributed by atoms with Crippen molar-refractivity contribution >= 4 is 0 Å². The number of aliphatic hydroxyl groups is 3. The summed E-state index contributed by atoms with van der Waals surface area (Å²) in [7, 11) is 0. The third kappa shape index (κ3) is 2.57. The molecule has 1 unspecified atom stereocenters. The molecule has 90 valence electrons. The zero-order valence-electron chi connectivity index (χ0n) is 9.67. The maximum atomic E-state index is 9.84. The summed E-state index contributed by atoms with van der Waals surface area (Å²) >= 11 is 0. The summed E-state index contributed by atoms with van der Waals surface area (Å²) in [5, 5.41) is 28.6. The highest BCUT2D eigenvalue weighted by Gasteiger charge is 2.28. The first-order chi connectivity index (χ1) is 7.99. The molecular weight excluding hydrogens is 216 g/mol. The topological polar surface area (TPSA) is 60.7 Å². The monoisotopic (exact) mass is 232 g/mol. The fourth-order valence-corrected chi connectivity index (χ4v) is 2.04. The van der Waals surface area contributed by atoms with Crippen molar-refractivity contribution in [1.29, 1.82) is 0 Å². The molecule has 3 N–H and O–H groups in total. The van der Waals surface area contributed by atoms with Gasteiger partial charge in [-0.2, -0.15) is 0 Å². The SMILES string of the molecule is CC(C1=C(O)CC(O)(O)C=C1)c1ccccc1. The van der Waals surface area contributed by atoms with Gasteiger partial charge in [0.2, 0.25) is 0 Å². The molecule has 0 aliphatic heterocycles. The van der Waals surface area contributed by atoms with Crippen LogP contribution in [0, 0.1) is 0 Å². The highest BCUT2D eigenvalue weighted by Crippen LogP contribution is 2.32. The van der Waals surface area contributed by atoms with Crippen LogP contribution in [0.3, 0.4) is 0 Å². The molecule has 1 aliphatic rings. The third-order valence-electron chi connectivity index (χ3n) is 3.06. The minimum Gasteiger partial charge on any atom is -0.512 e. The molecule has 0 radical (unpaired) electrons. The van der Waals surface area contributed by atoms with Crippen LogP contribution in [0.25, 0.3) is 0 Å². The van der Waals surface area contributed by atoms with Crippen LogP contribution in [0.2, 0.25) is 0 Å². The van der Waals surface area contributed by atoms with Crippen molar-refractivity contribution in [3.8, 4) is 0 Å². The molecule has 3 heteroatoms. The van der Waals surface area contributed by atoms with E-state index in [1.807, 2.05) is 37.3 Å². The Morgan fingerprint density at radius 2 is 1.82 bits per heavy atom. The molecule has 0 bridgehead atoms. The third-order valence-corrected chi connectivity index (χ3v) is 3.06. The first-order valence-corrected chi connectivity index (χ1v) is 5.60.